The maximum atomic E-state index is 12.8. The number of para-hydroxylation sites is 2. The number of hydrogen-bond acceptors (Lipinski definition) is 6. The predicted octanol–water partition coefficient (Wildman–Crippen LogP) is 5.43. The molecule has 0 atom stereocenters. The van der Waals surface area contributed by atoms with E-state index in [-0.39, 0.29) is 5.91 Å². The Hall–Kier alpha value is -4.15. The molecule has 0 fully saturated rings. The van der Waals surface area contributed by atoms with Crippen molar-refractivity contribution in [3.8, 4) is 17.6 Å². The molecule has 32 heavy (non-hydrogen) atoms. The van der Waals surface area contributed by atoms with Crippen molar-refractivity contribution in [1.82, 2.24) is 4.98 Å². The van der Waals surface area contributed by atoms with Crippen molar-refractivity contribution in [2.45, 2.75) is 13.2 Å². The maximum absolute atomic E-state index is 12.8. The van der Waals surface area contributed by atoms with E-state index in [1.165, 1.54) is 11.3 Å². The van der Waals surface area contributed by atoms with E-state index in [2.05, 4.69) is 16.4 Å². The van der Waals surface area contributed by atoms with Gasteiger partial charge < -0.3 is 14.8 Å². The Morgan fingerprint density at radius 2 is 1.84 bits per heavy atom. The molecule has 7 heteroatoms. The van der Waals surface area contributed by atoms with Gasteiger partial charge in [-0.3, -0.25) is 4.79 Å². The number of nitriles is 1. The second kappa shape index (κ2) is 10.2. The number of rotatable bonds is 8. The number of nitrogens with one attached hydrogen (secondary N) is 1. The molecule has 1 aromatic heterocycles. The van der Waals surface area contributed by atoms with Crippen LogP contribution >= 0.6 is 11.3 Å². The van der Waals surface area contributed by atoms with Crippen molar-refractivity contribution >= 4 is 22.9 Å². The first kappa shape index (κ1) is 21.1. The number of hydrogen-bond donors (Lipinski definition) is 1. The first-order valence-electron chi connectivity index (χ1n) is 9.83. The number of thiazole rings is 1. The molecular formula is C25H19N3O3S. The molecule has 4 aromatic rings. The van der Waals surface area contributed by atoms with Crippen LogP contribution in [0, 0.1) is 11.3 Å². The topological polar surface area (TPSA) is 84.2 Å². The summed E-state index contributed by atoms with van der Waals surface area (Å²) >= 11 is 1.51. The third-order valence-electron chi connectivity index (χ3n) is 4.57. The Balaban J connectivity index is 1.40. The summed E-state index contributed by atoms with van der Waals surface area (Å²) in [6.07, 6.45) is 0. The van der Waals surface area contributed by atoms with Crippen LogP contribution in [0.15, 0.2) is 83.7 Å². The lowest BCUT2D eigenvalue weighted by Crippen LogP contribution is -2.13. The third kappa shape index (κ3) is 5.50. The van der Waals surface area contributed by atoms with Gasteiger partial charge in [-0.2, -0.15) is 5.26 Å². The van der Waals surface area contributed by atoms with Crippen molar-refractivity contribution in [2.24, 2.45) is 0 Å². The van der Waals surface area contributed by atoms with Gasteiger partial charge >= 0.3 is 0 Å². The smallest absolute Gasteiger partial charge is 0.255 e. The minimum atomic E-state index is -0.241. The second-order valence-electron chi connectivity index (χ2n) is 6.84. The largest absolute Gasteiger partial charge is 0.489 e. The molecule has 0 aliphatic carbocycles. The zero-order valence-corrected chi connectivity index (χ0v) is 17.8. The summed E-state index contributed by atoms with van der Waals surface area (Å²) in [5.41, 5.74) is 5.13. The summed E-state index contributed by atoms with van der Waals surface area (Å²) < 4.78 is 11.6. The zero-order chi connectivity index (χ0) is 22.2. The van der Waals surface area contributed by atoms with E-state index in [0.717, 1.165) is 11.3 Å². The quantitative estimate of drug-likeness (QED) is 0.394. The van der Waals surface area contributed by atoms with Crippen LogP contribution in [0.3, 0.4) is 0 Å². The number of nitrogens with zero attached hydrogens (tertiary/aromatic N) is 2. The lowest BCUT2D eigenvalue weighted by atomic mass is 10.1. The molecule has 0 saturated heterocycles. The molecule has 0 bridgehead atoms. The van der Waals surface area contributed by atoms with E-state index in [9.17, 15) is 4.79 Å². The van der Waals surface area contributed by atoms with Gasteiger partial charge in [-0.05, 0) is 54.1 Å². The highest BCUT2D eigenvalue weighted by Crippen LogP contribution is 2.25. The summed E-state index contributed by atoms with van der Waals surface area (Å²) in [4.78, 5) is 17.1. The van der Waals surface area contributed by atoms with Crippen molar-refractivity contribution in [1.29, 1.82) is 5.26 Å². The minimum absolute atomic E-state index is 0.241. The third-order valence-corrected chi connectivity index (χ3v) is 5.21. The van der Waals surface area contributed by atoms with Crippen LogP contribution < -0.4 is 14.8 Å². The van der Waals surface area contributed by atoms with Crippen molar-refractivity contribution in [2.75, 3.05) is 5.32 Å². The Morgan fingerprint density at radius 1 is 1.00 bits per heavy atom. The van der Waals surface area contributed by atoms with E-state index in [1.54, 1.807) is 48.0 Å². The van der Waals surface area contributed by atoms with Crippen LogP contribution in [0.4, 0.5) is 5.69 Å². The average molecular weight is 442 g/mol. The standard InChI is InChI=1S/C25H19N3O3S/c26-13-18-8-10-22(11-9-18)30-14-19-4-3-5-20(12-19)25(29)28-23-6-1-2-7-24(23)31-15-21-16-32-17-27-21/h1-12,16-17H,14-15H2,(H,28,29). The molecule has 0 aliphatic heterocycles. The summed E-state index contributed by atoms with van der Waals surface area (Å²) in [6, 6.07) is 23.5. The fourth-order valence-corrected chi connectivity index (χ4v) is 3.49. The van der Waals surface area contributed by atoms with Crippen LogP contribution in [-0.2, 0) is 13.2 Å². The maximum Gasteiger partial charge on any atom is 0.255 e. The molecule has 0 aliphatic rings. The number of amides is 1. The van der Waals surface area contributed by atoms with Crippen LogP contribution in [0.5, 0.6) is 11.5 Å². The van der Waals surface area contributed by atoms with E-state index >= 15 is 0 Å². The molecule has 0 radical (unpaired) electrons. The molecule has 158 valence electrons. The first-order chi connectivity index (χ1) is 15.7. The summed E-state index contributed by atoms with van der Waals surface area (Å²) in [5, 5.41) is 13.7. The molecule has 1 N–H and O–H groups in total. The van der Waals surface area contributed by atoms with E-state index in [4.69, 9.17) is 14.7 Å². The first-order valence-corrected chi connectivity index (χ1v) is 10.8. The molecule has 3 aromatic carbocycles. The Morgan fingerprint density at radius 3 is 2.62 bits per heavy atom. The molecule has 0 spiro atoms. The highest BCUT2D eigenvalue weighted by atomic mass is 32.1. The molecule has 0 unspecified atom stereocenters. The van der Waals surface area contributed by atoms with Gasteiger partial charge in [0.1, 0.15) is 24.7 Å². The SMILES string of the molecule is N#Cc1ccc(OCc2cccc(C(=O)Nc3ccccc3OCc3cscn3)c2)cc1. The van der Waals surface area contributed by atoms with Gasteiger partial charge in [0.15, 0.2) is 0 Å². The number of ether oxygens (including phenoxy) is 2. The van der Waals surface area contributed by atoms with Crippen molar-refractivity contribution in [3.05, 3.63) is 106 Å². The fraction of sp³-hybridized carbons (Fsp3) is 0.0800. The Kier molecular flexibility index (Phi) is 6.75. The van der Waals surface area contributed by atoms with Crippen LogP contribution in [0.1, 0.15) is 27.2 Å². The minimum Gasteiger partial charge on any atom is -0.489 e. The van der Waals surface area contributed by atoms with Gasteiger partial charge in [-0.1, -0.05) is 24.3 Å². The van der Waals surface area contributed by atoms with Gasteiger partial charge in [0.05, 0.1) is 28.5 Å². The summed E-state index contributed by atoms with van der Waals surface area (Å²) in [7, 11) is 0. The predicted molar refractivity (Wildman–Crippen MR) is 123 cm³/mol. The van der Waals surface area contributed by atoms with Crippen molar-refractivity contribution in [3.63, 3.8) is 0 Å². The number of carbonyl (C=O) groups excluding carboxylic acids is 1. The van der Waals surface area contributed by atoms with E-state index < -0.39 is 0 Å². The lowest BCUT2D eigenvalue weighted by molar-refractivity contribution is 0.102. The number of anilines is 1. The van der Waals surface area contributed by atoms with Gasteiger partial charge in [0.25, 0.3) is 5.91 Å². The van der Waals surface area contributed by atoms with E-state index in [0.29, 0.717) is 41.5 Å². The molecule has 1 amide bonds. The molecule has 0 saturated carbocycles. The highest BCUT2D eigenvalue weighted by Gasteiger charge is 2.11. The Labute approximate surface area is 189 Å². The Bertz CT molecular complexity index is 1230. The van der Waals surface area contributed by atoms with Gasteiger partial charge in [-0.25, -0.2) is 4.98 Å². The second-order valence-corrected chi connectivity index (χ2v) is 7.56. The van der Waals surface area contributed by atoms with E-state index in [1.807, 2.05) is 35.7 Å². The number of benzene rings is 3. The van der Waals surface area contributed by atoms with Gasteiger partial charge in [0.2, 0.25) is 0 Å². The average Bonchev–Trinajstić information content (AvgIpc) is 3.36. The van der Waals surface area contributed by atoms with Crippen LogP contribution in [0.2, 0.25) is 0 Å². The monoisotopic (exact) mass is 441 g/mol. The number of aromatic nitrogens is 1. The molecule has 4 rings (SSSR count). The van der Waals surface area contributed by atoms with Gasteiger partial charge in [0, 0.05) is 10.9 Å². The molecular weight excluding hydrogens is 422 g/mol. The van der Waals surface area contributed by atoms with Crippen LogP contribution in [0.25, 0.3) is 0 Å². The summed E-state index contributed by atoms with van der Waals surface area (Å²) in [6.45, 7) is 0.638. The zero-order valence-electron chi connectivity index (χ0n) is 17.0. The lowest BCUT2D eigenvalue weighted by Gasteiger charge is -2.12. The molecule has 1 heterocycles. The van der Waals surface area contributed by atoms with Crippen molar-refractivity contribution < 1.29 is 14.3 Å². The van der Waals surface area contributed by atoms with Crippen LogP contribution in [-0.4, -0.2) is 10.9 Å². The highest BCUT2D eigenvalue weighted by molar-refractivity contribution is 7.07. The van der Waals surface area contributed by atoms with Gasteiger partial charge in [-0.15, -0.1) is 11.3 Å². The molecule has 6 nitrogen and oxygen atoms in total. The fourth-order valence-electron chi connectivity index (χ4n) is 2.95. The number of carbonyl (C=O) groups is 1. The summed E-state index contributed by atoms with van der Waals surface area (Å²) in [5.74, 6) is 0.995. The normalized spacial score (nSPS) is 10.2.